The minimum Gasteiger partial charge on any atom is -0.491 e. The Morgan fingerprint density at radius 1 is 0.947 bits per heavy atom. The van der Waals surface area contributed by atoms with Gasteiger partial charge in [0, 0.05) is 55.8 Å². The number of ether oxygens (including phenoxy) is 4. The third-order valence-corrected chi connectivity index (χ3v) is 11.5. The highest BCUT2D eigenvalue weighted by Gasteiger charge is 2.29. The Hall–Kier alpha value is -4.92. The minimum absolute atomic E-state index is 0.0976. The molecule has 0 N–H and O–H groups in total. The number of hydrogen-bond donors (Lipinski definition) is 0. The molecule has 1 aliphatic rings. The number of para-hydroxylation sites is 1. The summed E-state index contributed by atoms with van der Waals surface area (Å²) in [5, 5.41) is 1.16. The maximum absolute atomic E-state index is 14.2. The smallest absolute Gasteiger partial charge is 0.347 e. The van der Waals surface area contributed by atoms with Gasteiger partial charge in [0.05, 0.1) is 22.7 Å². The highest BCUT2D eigenvalue weighted by Crippen LogP contribution is 2.49. The van der Waals surface area contributed by atoms with E-state index in [0.29, 0.717) is 44.6 Å². The summed E-state index contributed by atoms with van der Waals surface area (Å²) in [6, 6.07) is 19.2. The number of rotatable bonds is 15. The van der Waals surface area contributed by atoms with Gasteiger partial charge in [-0.15, -0.1) is 11.3 Å². The van der Waals surface area contributed by atoms with Gasteiger partial charge in [0.15, 0.2) is 0 Å². The number of fused-ring (bicyclic) bond motifs is 1. The third-order valence-electron chi connectivity index (χ3n) is 9.68. The summed E-state index contributed by atoms with van der Waals surface area (Å²) in [6.07, 6.45) is 1.93. The van der Waals surface area contributed by atoms with Crippen molar-refractivity contribution in [1.82, 2.24) is 29.7 Å². The number of benzene rings is 3. The number of carbonyl (C=O) groups excluding carboxylic acids is 1. The van der Waals surface area contributed by atoms with Crippen LogP contribution < -0.4 is 14.2 Å². The molecular weight excluding hydrogens is 790 g/mol. The van der Waals surface area contributed by atoms with Crippen molar-refractivity contribution >= 4 is 50.7 Å². The monoisotopic (exact) mass is 830 g/mol. The number of halogens is 3. The van der Waals surface area contributed by atoms with E-state index in [-0.39, 0.29) is 36.6 Å². The van der Waals surface area contributed by atoms with Crippen molar-refractivity contribution in [3.05, 3.63) is 112 Å². The molecule has 57 heavy (non-hydrogen) atoms. The standard InChI is InChI=1S/C42H41Cl2FN6O5S/c1-4-53-41(52)34(23-28-7-5-6-8-32(28)55-24-30-15-16-46-42(44)49-30)56-39-36-35(38(57-40(36)48-25-47-39)27-9-11-29(45)12-10-27)31-13-14-33(37(43)26(31)2)54-22-21-51-19-17-50(3)18-20-51/h5-16,25,34H,4,17-24H2,1-3H3/t34-/m1/s1. The second-order valence-corrected chi connectivity index (χ2v) is 15.2. The van der Waals surface area contributed by atoms with Crippen LogP contribution in [0.4, 0.5) is 4.39 Å². The number of aromatic nitrogens is 4. The molecule has 1 saturated heterocycles. The van der Waals surface area contributed by atoms with Crippen LogP contribution in [0.5, 0.6) is 17.4 Å². The first kappa shape index (κ1) is 40.3. The highest BCUT2D eigenvalue weighted by atomic mass is 35.5. The molecule has 0 aliphatic carbocycles. The van der Waals surface area contributed by atoms with Gasteiger partial charge < -0.3 is 23.8 Å². The lowest BCUT2D eigenvalue weighted by Gasteiger charge is -2.32. The van der Waals surface area contributed by atoms with Crippen molar-refractivity contribution < 1.29 is 28.1 Å². The molecule has 0 amide bonds. The summed E-state index contributed by atoms with van der Waals surface area (Å²) in [5.41, 5.74) is 4.34. The average molecular weight is 832 g/mol. The first-order valence-corrected chi connectivity index (χ1v) is 20.1. The Labute approximate surface area is 344 Å². The Kier molecular flexibility index (Phi) is 13.1. The number of piperazine rings is 1. The second kappa shape index (κ2) is 18.6. The Balaban J connectivity index is 1.24. The molecule has 0 radical (unpaired) electrons. The Morgan fingerprint density at radius 2 is 1.74 bits per heavy atom. The molecule has 3 aromatic carbocycles. The first-order chi connectivity index (χ1) is 27.7. The van der Waals surface area contributed by atoms with Gasteiger partial charge in [0.25, 0.3) is 0 Å². The van der Waals surface area contributed by atoms with Gasteiger partial charge in [-0.2, -0.15) is 0 Å². The van der Waals surface area contributed by atoms with E-state index in [1.807, 2.05) is 43.3 Å². The fraction of sp³-hybridized carbons (Fsp3) is 0.310. The lowest BCUT2D eigenvalue weighted by atomic mass is 9.96. The summed E-state index contributed by atoms with van der Waals surface area (Å²) < 4.78 is 38.7. The Morgan fingerprint density at radius 3 is 2.51 bits per heavy atom. The predicted octanol–water partition coefficient (Wildman–Crippen LogP) is 8.33. The van der Waals surface area contributed by atoms with Crippen LogP contribution in [-0.2, 0) is 22.6 Å². The second-order valence-electron chi connectivity index (χ2n) is 13.5. The van der Waals surface area contributed by atoms with E-state index < -0.39 is 12.1 Å². The largest absolute Gasteiger partial charge is 0.491 e. The lowest BCUT2D eigenvalue weighted by Crippen LogP contribution is -2.45. The van der Waals surface area contributed by atoms with Crippen LogP contribution in [0.15, 0.2) is 79.3 Å². The number of esters is 1. The lowest BCUT2D eigenvalue weighted by molar-refractivity contribution is -0.151. The molecule has 0 bridgehead atoms. The molecule has 15 heteroatoms. The molecule has 6 aromatic rings. The number of hydrogen-bond acceptors (Lipinski definition) is 12. The number of likely N-dealkylation sites (N-methyl/N-ethyl adjacent to an activating group) is 1. The molecule has 11 nitrogen and oxygen atoms in total. The SMILES string of the molecule is CCOC(=O)[C@@H](Cc1ccccc1OCc1ccnc(Cl)n1)Oc1ncnc2sc(-c3ccc(F)cc3)c(-c3ccc(OCCN4CCN(C)CC4)c(Cl)c3C)c12. The summed E-state index contributed by atoms with van der Waals surface area (Å²) in [4.78, 5) is 37.1. The number of nitrogens with zero attached hydrogens (tertiary/aromatic N) is 6. The van der Waals surface area contributed by atoms with E-state index in [4.69, 9.17) is 42.1 Å². The fourth-order valence-electron chi connectivity index (χ4n) is 6.61. The molecule has 1 fully saturated rings. The van der Waals surface area contributed by atoms with Crippen molar-refractivity contribution in [2.24, 2.45) is 0 Å². The minimum atomic E-state index is -1.12. The first-order valence-electron chi connectivity index (χ1n) is 18.6. The van der Waals surface area contributed by atoms with Crippen LogP contribution in [-0.4, -0.2) is 94.8 Å². The predicted molar refractivity (Wildman–Crippen MR) is 220 cm³/mol. The molecule has 296 valence electrons. The normalized spacial score (nSPS) is 14.1. The molecule has 0 saturated carbocycles. The summed E-state index contributed by atoms with van der Waals surface area (Å²) in [7, 11) is 2.13. The van der Waals surface area contributed by atoms with E-state index in [0.717, 1.165) is 59.9 Å². The van der Waals surface area contributed by atoms with Crippen LogP contribution in [0, 0.1) is 12.7 Å². The van der Waals surface area contributed by atoms with Gasteiger partial charge in [-0.05, 0) is 85.1 Å². The van der Waals surface area contributed by atoms with E-state index in [2.05, 4.69) is 36.8 Å². The van der Waals surface area contributed by atoms with Crippen molar-refractivity contribution in [1.29, 1.82) is 0 Å². The van der Waals surface area contributed by atoms with E-state index in [1.54, 1.807) is 31.3 Å². The highest BCUT2D eigenvalue weighted by molar-refractivity contribution is 7.22. The Bertz CT molecular complexity index is 2340. The van der Waals surface area contributed by atoms with Gasteiger partial charge in [-0.1, -0.05) is 48.0 Å². The molecule has 1 atom stereocenters. The van der Waals surface area contributed by atoms with Crippen LogP contribution in [0.25, 0.3) is 31.8 Å². The van der Waals surface area contributed by atoms with Crippen molar-refractivity contribution in [3.63, 3.8) is 0 Å². The summed E-state index contributed by atoms with van der Waals surface area (Å²) >= 11 is 14.5. The maximum atomic E-state index is 14.2. The molecular formula is C42H41Cl2FN6O5S. The van der Waals surface area contributed by atoms with E-state index >= 15 is 0 Å². The van der Waals surface area contributed by atoms with E-state index in [9.17, 15) is 9.18 Å². The zero-order valence-electron chi connectivity index (χ0n) is 31.7. The molecule has 3 aromatic heterocycles. The van der Waals surface area contributed by atoms with Crippen LogP contribution in [0.1, 0.15) is 23.7 Å². The van der Waals surface area contributed by atoms with Crippen LogP contribution >= 0.6 is 34.5 Å². The quantitative estimate of drug-likeness (QED) is 0.0736. The molecule has 7 rings (SSSR count). The van der Waals surface area contributed by atoms with Gasteiger partial charge >= 0.3 is 5.97 Å². The topological polar surface area (TPSA) is 112 Å². The molecule has 0 spiro atoms. The van der Waals surface area contributed by atoms with Crippen LogP contribution in [0.2, 0.25) is 10.3 Å². The van der Waals surface area contributed by atoms with Crippen molar-refractivity contribution in [2.45, 2.75) is 33.0 Å². The number of thiophene rings is 1. The summed E-state index contributed by atoms with van der Waals surface area (Å²) in [6.45, 7) is 9.26. The van der Waals surface area contributed by atoms with Gasteiger partial charge in [-0.3, -0.25) is 4.90 Å². The fourth-order valence-corrected chi connectivity index (χ4v) is 8.15. The van der Waals surface area contributed by atoms with Crippen molar-refractivity contribution in [3.8, 4) is 38.9 Å². The molecule has 1 aliphatic heterocycles. The molecule has 0 unspecified atom stereocenters. The average Bonchev–Trinajstić information content (AvgIpc) is 3.60. The van der Waals surface area contributed by atoms with E-state index in [1.165, 1.54) is 29.8 Å². The summed E-state index contributed by atoms with van der Waals surface area (Å²) in [5.74, 6) is 0.353. The van der Waals surface area contributed by atoms with Gasteiger partial charge in [-0.25, -0.2) is 29.1 Å². The molecule has 4 heterocycles. The zero-order valence-corrected chi connectivity index (χ0v) is 34.0. The maximum Gasteiger partial charge on any atom is 0.347 e. The van der Waals surface area contributed by atoms with Gasteiger partial charge in [0.2, 0.25) is 17.3 Å². The van der Waals surface area contributed by atoms with Crippen molar-refractivity contribution in [2.75, 3.05) is 53.0 Å². The van der Waals surface area contributed by atoms with Gasteiger partial charge in [0.1, 0.15) is 41.7 Å². The number of carbonyl (C=O) groups is 1. The van der Waals surface area contributed by atoms with Crippen LogP contribution in [0.3, 0.4) is 0 Å². The third kappa shape index (κ3) is 9.62. The zero-order chi connectivity index (χ0) is 39.9.